The van der Waals surface area contributed by atoms with Crippen molar-refractivity contribution in [3.63, 3.8) is 0 Å². The Balaban J connectivity index is 2.17. The maximum absolute atomic E-state index is 11.4. The van der Waals surface area contributed by atoms with Crippen molar-refractivity contribution in [2.24, 2.45) is 7.05 Å². The second-order valence-corrected chi connectivity index (χ2v) is 5.49. The molecule has 0 aromatic carbocycles. The zero-order valence-corrected chi connectivity index (χ0v) is 12.8. The minimum atomic E-state index is -0.894. The fourth-order valence-corrected chi connectivity index (χ4v) is 2.89. The Morgan fingerprint density at radius 1 is 1.35 bits per heavy atom. The van der Waals surface area contributed by atoms with Crippen LogP contribution in [0.3, 0.4) is 0 Å². The van der Waals surface area contributed by atoms with E-state index in [0.717, 1.165) is 38.4 Å². The fourth-order valence-electron chi connectivity index (χ4n) is 2.89. The van der Waals surface area contributed by atoms with Gasteiger partial charge < -0.3 is 10.0 Å². The average molecular weight is 280 g/mol. The quantitative estimate of drug-likeness (QED) is 0.902. The van der Waals surface area contributed by atoms with Crippen LogP contribution in [-0.4, -0.2) is 58.0 Å². The van der Waals surface area contributed by atoms with E-state index in [9.17, 15) is 9.90 Å². The maximum atomic E-state index is 11.4. The largest absolute Gasteiger partial charge is 0.477 e. The van der Waals surface area contributed by atoms with Gasteiger partial charge in [-0.25, -0.2) is 4.79 Å². The first-order chi connectivity index (χ1) is 9.45. The Morgan fingerprint density at radius 2 is 1.95 bits per heavy atom. The average Bonchev–Trinajstić information content (AvgIpc) is 2.72. The Hall–Kier alpha value is -1.56. The second kappa shape index (κ2) is 5.83. The summed E-state index contributed by atoms with van der Waals surface area (Å²) in [5.41, 5.74) is 0.920. The topological polar surface area (TPSA) is 61.6 Å². The number of rotatable bonds is 4. The summed E-state index contributed by atoms with van der Waals surface area (Å²) in [7, 11) is 1.82. The van der Waals surface area contributed by atoms with Crippen molar-refractivity contribution in [3.8, 4) is 0 Å². The lowest BCUT2D eigenvalue weighted by atomic mass is 10.1. The highest BCUT2D eigenvalue weighted by molar-refractivity contribution is 5.94. The van der Waals surface area contributed by atoms with Crippen LogP contribution < -0.4 is 4.90 Å². The highest BCUT2D eigenvalue weighted by atomic mass is 16.4. The van der Waals surface area contributed by atoms with Crippen LogP contribution in [0.2, 0.25) is 0 Å². The molecular weight excluding hydrogens is 256 g/mol. The van der Waals surface area contributed by atoms with Crippen molar-refractivity contribution in [1.29, 1.82) is 0 Å². The zero-order valence-electron chi connectivity index (χ0n) is 12.8. The molecule has 1 atom stereocenters. The molecule has 6 heteroatoms. The van der Waals surface area contributed by atoms with E-state index >= 15 is 0 Å². The smallest absolute Gasteiger partial charge is 0.341 e. The summed E-state index contributed by atoms with van der Waals surface area (Å²) < 4.78 is 1.69. The van der Waals surface area contributed by atoms with E-state index in [-0.39, 0.29) is 0 Å². The molecule has 0 spiro atoms. The number of carboxylic acid groups (broad SMARTS) is 1. The van der Waals surface area contributed by atoms with Crippen molar-refractivity contribution < 1.29 is 9.90 Å². The molecule has 1 fully saturated rings. The molecule has 6 nitrogen and oxygen atoms in total. The molecule has 0 radical (unpaired) electrons. The minimum absolute atomic E-state index is 0.337. The van der Waals surface area contributed by atoms with Crippen LogP contribution in [0.4, 0.5) is 5.82 Å². The predicted octanol–water partition coefficient (Wildman–Crippen LogP) is 1.35. The second-order valence-electron chi connectivity index (χ2n) is 5.49. The lowest BCUT2D eigenvalue weighted by molar-refractivity contribution is 0.0696. The first-order valence-corrected chi connectivity index (χ1v) is 7.21. The number of aryl methyl sites for hydroxylation is 2. The Bertz CT molecular complexity index is 490. The summed E-state index contributed by atoms with van der Waals surface area (Å²) in [6.07, 6.45) is 1.14. The van der Waals surface area contributed by atoms with E-state index in [1.165, 1.54) is 0 Å². The number of nitrogens with zero attached hydrogens (tertiary/aromatic N) is 4. The number of hydrogen-bond acceptors (Lipinski definition) is 4. The molecule has 1 aliphatic rings. The zero-order chi connectivity index (χ0) is 14.9. The first-order valence-electron chi connectivity index (χ1n) is 7.21. The van der Waals surface area contributed by atoms with Gasteiger partial charge in [0.05, 0.1) is 5.69 Å². The minimum Gasteiger partial charge on any atom is -0.477 e. The van der Waals surface area contributed by atoms with Gasteiger partial charge >= 0.3 is 5.97 Å². The molecular formula is C14H24N4O2. The molecule has 1 N–H and O–H groups in total. The summed E-state index contributed by atoms with van der Waals surface area (Å²) in [6.45, 7) is 9.84. The molecule has 1 saturated heterocycles. The van der Waals surface area contributed by atoms with Crippen molar-refractivity contribution in [1.82, 2.24) is 14.7 Å². The normalized spacial score (nSPS) is 18.3. The Kier molecular flexibility index (Phi) is 4.32. The molecule has 1 aliphatic heterocycles. The third-order valence-corrected chi connectivity index (χ3v) is 4.23. The molecule has 2 heterocycles. The maximum Gasteiger partial charge on any atom is 0.341 e. The van der Waals surface area contributed by atoms with Crippen LogP contribution in [0, 0.1) is 6.92 Å². The van der Waals surface area contributed by atoms with Gasteiger partial charge in [0.25, 0.3) is 0 Å². The van der Waals surface area contributed by atoms with Gasteiger partial charge in [-0.1, -0.05) is 6.92 Å². The van der Waals surface area contributed by atoms with Crippen molar-refractivity contribution in [2.45, 2.75) is 33.2 Å². The lowest BCUT2D eigenvalue weighted by Gasteiger charge is -2.38. The number of anilines is 1. The van der Waals surface area contributed by atoms with Gasteiger partial charge in [-0.05, 0) is 20.3 Å². The molecule has 0 aliphatic carbocycles. The van der Waals surface area contributed by atoms with E-state index < -0.39 is 5.97 Å². The van der Waals surface area contributed by atoms with E-state index in [2.05, 4.69) is 28.7 Å². The molecule has 2 rings (SSSR count). The molecule has 0 amide bonds. The van der Waals surface area contributed by atoms with Crippen LogP contribution in [0.15, 0.2) is 0 Å². The van der Waals surface area contributed by atoms with Crippen LogP contribution in [0.5, 0.6) is 0 Å². The number of aromatic carboxylic acids is 1. The molecule has 0 saturated carbocycles. The van der Waals surface area contributed by atoms with E-state index in [0.29, 0.717) is 17.3 Å². The van der Waals surface area contributed by atoms with E-state index in [1.807, 2.05) is 7.05 Å². The van der Waals surface area contributed by atoms with Gasteiger partial charge in [0.1, 0.15) is 11.4 Å². The highest BCUT2D eigenvalue weighted by Crippen LogP contribution is 2.24. The Morgan fingerprint density at radius 3 is 2.45 bits per heavy atom. The number of carbonyl (C=O) groups is 1. The SMILES string of the molecule is CCC(C)N1CCN(c2c(C(=O)O)c(C)nn2C)CC1. The molecule has 1 unspecified atom stereocenters. The molecule has 0 bridgehead atoms. The molecule has 1 aromatic heterocycles. The third-order valence-electron chi connectivity index (χ3n) is 4.23. The summed E-state index contributed by atoms with van der Waals surface area (Å²) in [5.74, 6) is -0.159. The summed E-state index contributed by atoms with van der Waals surface area (Å²) >= 11 is 0. The van der Waals surface area contributed by atoms with Gasteiger partial charge in [-0.3, -0.25) is 9.58 Å². The van der Waals surface area contributed by atoms with E-state index in [4.69, 9.17) is 0 Å². The van der Waals surface area contributed by atoms with Crippen LogP contribution >= 0.6 is 0 Å². The van der Waals surface area contributed by atoms with Gasteiger partial charge in [-0.15, -0.1) is 0 Å². The fraction of sp³-hybridized carbons (Fsp3) is 0.714. The summed E-state index contributed by atoms with van der Waals surface area (Å²) in [4.78, 5) is 16.0. The Labute approximate surface area is 120 Å². The monoisotopic (exact) mass is 280 g/mol. The standard InChI is InChI=1S/C14H24N4O2/c1-5-10(2)17-6-8-18(9-7-17)13-12(14(19)20)11(3)15-16(13)4/h10H,5-9H2,1-4H3,(H,19,20). The van der Waals surface area contributed by atoms with Gasteiger partial charge in [0.15, 0.2) is 0 Å². The number of hydrogen-bond donors (Lipinski definition) is 1. The first kappa shape index (κ1) is 14.8. The molecule has 20 heavy (non-hydrogen) atoms. The number of piperazine rings is 1. The molecule has 1 aromatic rings. The summed E-state index contributed by atoms with van der Waals surface area (Å²) in [5, 5.41) is 13.6. The van der Waals surface area contributed by atoms with Gasteiger partial charge in [0.2, 0.25) is 0 Å². The molecule has 112 valence electrons. The number of aromatic nitrogens is 2. The van der Waals surface area contributed by atoms with Gasteiger partial charge in [-0.2, -0.15) is 5.10 Å². The summed E-state index contributed by atoms with van der Waals surface area (Å²) in [6, 6.07) is 0.587. The van der Waals surface area contributed by atoms with Crippen molar-refractivity contribution in [3.05, 3.63) is 11.3 Å². The van der Waals surface area contributed by atoms with Crippen LogP contribution in [0.25, 0.3) is 0 Å². The predicted molar refractivity (Wildman–Crippen MR) is 78.4 cm³/mol. The lowest BCUT2D eigenvalue weighted by Crippen LogP contribution is -2.50. The van der Waals surface area contributed by atoms with Crippen LogP contribution in [0.1, 0.15) is 36.3 Å². The highest BCUT2D eigenvalue weighted by Gasteiger charge is 2.27. The van der Waals surface area contributed by atoms with Crippen LogP contribution in [-0.2, 0) is 7.05 Å². The third kappa shape index (κ3) is 2.65. The van der Waals surface area contributed by atoms with Crippen molar-refractivity contribution >= 4 is 11.8 Å². The van der Waals surface area contributed by atoms with Gasteiger partial charge in [0, 0.05) is 39.3 Å². The number of carboxylic acids is 1. The van der Waals surface area contributed by atoms with E-state index in [1.54, 1.807) is 11.6 Å². The van der Waals surface area contributed by atoms with Crippen molar-refractivity contribution in [2.75, 3.05) is 31.1 Å².